The van der Waals surface area contributed by atoms with Crippen LogP contribution in [0.3, 0.4) is 0 Å². The Morgan fingerprint density at radius 3 is 1.59 bits per heavy atom. The molecule has 0 saturated carbocycles. The molecule has 0 bridgehead atoms. The minimum atomic E-state index is -1.52. The number of carboxylic acids is 1. The Morgan fingerprint density at radius 1 is 0.630 bits per heavy atom. The number of nitrogens with one attached hydrogen (secondary N) is 5. The summed E-state index contributed by atoms with van der Waals surface area (Å²) in [5, 5.41) is 30.7. The monoisotopic (exact) mass is 658 g/mol. The van der Waals surface area contributed by atoms with E-state index in [-0.39, 0.29) is 44.3 Å². The second-order valence-corrected chi connectivity index (χ2v) is 10.8. The molecular formula is C26H50N12O8. The molecule has 0 aliphatic rings. The molecule has 262 valence electrons. The number of aliphatic carboxylic acids is 1. The fraction of sp³-hybridized carbons (Fsp3) is 0.692. The van der Waals surface area contributed by atoms with E-state index in [1.807, 2.05) is 0 Å². The lowest BCUT2D eigenvalue weighted by Gasteiger charge is -2.26. The van der Waals surface area contributed by atoms with E-state index in [0.29, 0.717) is 6.42 Å². The molecule has 0 saturated heterocycles. The van der Waals surface area contributed by atoms with Crippen molar-refractivity contribution in [1.82, 2.24) is 26.6 Å². The van der Waals surface area contributed by atoms with Crippen LogP contribution in [0.15, 0.2) is 9.98 Å². The van der Waals surface area contributed by atoms with Gasteiger partial charge in [0.25, 0.3) is 0 Å². The van der Waals surface area contributed by atoms with Crippen molar-refractivity contribution in [1.29, 1.82) is 0 Å². The minimum Gasteiger partial charge on any atom is -0.480 e. The Labute approximate surface area is 267 Å². The maximum Gasteiger partial charge on any atom is 0.325 e. The number of nitrogens with two attached hydrogens (primary N) is 5. The Kier molecular flexibility index (Phi) is 18.9. The van der Waals surface area contributed by atoms with Crippen LogP contribution in [0, 0.1) is 5.92 Å². The first-order chi connectivity index (χ1) is 21.4. The first-order valence-corrected chi connectivity index (χ1v) is 14.6. The van der Waals surface area contributed by atoms with E-state index in [1.54, 1.807) is 13.8 Å². The van der Waals surface area contributed by atoms with E-state index in [1.165, 1.54) is 13.8 Å². The van der Waals surface area contributed by atoms with Crippen LogP contribution in [-0.4, -0.2) is 114 Å². The fourth-order valence-electron chi connectivity index (χ4n) is 3.73. The summed E-state index contributed by atoms with van der Waals surface area (Å²) in [6, 6.07) is -7.31. The van der Waals surface area contributed by atoms with Crippen molar-refractivity contribution < 1.29 is 39.0 Å². The number of aliphatic hydroxyl groups excluding tert-OH is 1. The Bertz CT molecular complexity index is 1110. The zero-order chi connectivity index (χ0) is 35.6. The van der Waals surface area contributed by atoms with Gasteiger partial charge in [0.05, 0.1) is 12.6 Å². The molecule has 0 heterocycles. The predicted molar refractivity (Wildman–Crippen MR) is 168 cm³/mol. The molecule has 0 aliphatic carbocycles. The molecule has 0 aromatic heterocycles. The van der Waals surface area contributed by atoms with Crippen molar-refractivity contribution in [3.8, 4) is 0 Å². The molecule has 0 aromatic rings. The standard InChI is InChI=1S/C26H50N12O8/c1-12(2)18(23(44)35-14(4)24(45)46)38-22(43)17(11-39)37-19(40)13(3)34-21(42)16(8-6-10-33-26(30)31)36-20(41)15(27)7-5-9-32-25(28)29/h12-18,39H,5-11,27H2,1-4H3,(H,34,42)(H,35,44)(H,36,41)(H,37,40)(H,38,43)(H,45,46)(H4,28,29,32)(H4,30,31,33). The fourth-order valence-corrected chi connectivity index (χ4v) is 3.73. The summed E-state index contributed by atoms with van der Waals surface area (Å²) in [7, 11) is 0. The summed E-state index contributed by atoms with van der Waals surface area (Å²) in [6.07, 6.45) is 0.963. The molecule has 6 atom stereocenters. The molecule has 0 spiro atoms. The third-order valence-corrected chi connectivity index (χ3v) is 6.43. The van der Waals surface area contributed by atoms with Crippen molar-refractivity contribution in [3.63, 3.8) is 0 Å². The quantitative estimate of drug-likeness (QED) is 0.0312. The number of rotatable bonds is 21. The molecule has 17 N–H and O–H groups in total. The summed E-state index contributed by atoms with van der Waals surface area (Å²) in [6.45, 7) is 5.31. The first-order valence-electron chi connectivity index (χ1n) is 14.6. The van der Waals surface area contributed by atoms with Crippen LogP contribution in [0.4, 0.5) is 0 Å². The smallest absolute Gasteiger partial charge is 0.325 e. The Balaban J connectivity index is 5.46. The molecular weight excluding hydrogens is 608 g/mol. The number of aliphatic imine (C=N–C) groups is 2. The van der Waals surface area contributed by atoms with Crippen LogP contribution in [0.25, 0.3) is 0 Å². The van der Waals surface area contributed by atoms with Crippen molar-refractivity contribution in [2.45, 2.75) is 89.6 Å². The highest BCUT2D eigenvalue weighted by Gasteiger charge is 2.32. The number of hydrogen-bond donors (Lipinski definition) is 12. The molecule has 0 aliphatic heterocycles. The summed E-state index contributed by atoms with van der Waals surface area (Å²) in [5.74, 6) is -5.97. The van der Waals surface area contributed by atoms with E-state index < -0.39 is 84.3 Å². The highest BCUT2D eigenvalue weighted by molar-refractivity contribution is 5.96. The number of amides is 5. The summed E-state index contributed by atoms with van der Waals surface area (Å²) < 4.78 is 0. The van der Waals surface area contributed by atoms with E-state index in [2.05, 4.69) is 36.6 Å². The van der Waals surface area contributed by atoms with Crippen LogP contribution in [-0.2, 0) is 28.8 Å². The zero-order valence-corrected chi connectivity index (χ0v) is 26.6. The van der Waals surface area contributed by atoms with Gasteiger partial charge in [-0.05, 0) is 45.4 Å². The van der Waals surface area contributed by atoms with Crippen LogP contribution in [0.1, 0.15) is 53.4 Å². The van der Waals surface area contributed by atoms with Crippen LogP contribution in [0.2, 0.25) is 0 Å². The van der Waals surface area contributed by atoms with Crippen molar-refractivity contribution in [2.24, 2.45) is 44.6 Å². The Morgan fingerprint density at radius 2 is 1.11 bits per heavy atom. The van der Waals surface area contributed by atoms with Gasteiger partial charge in [0.1, 0.15) is 30.2 Å². The second-order valence-electron chi connectivity index (χ2n) is 10.8. The molecule has 6 unspecified atom stereocenters. The van der Waals surface area contributed by atoms with E-state index >= 15 is 0 Å². The molecule has 20 heteroatoms. The lowest BCUT2D eigenvalue weighted by atomic mass is 10.0. The molecule has 0 fully saturated rings. The van der Waals surface area contributed by atoms with E-state index in [4.69, 9.17) is 33.8 Å². The number of aliphatic hydroxyl groups is 1. The predicted octanol–water partition coefficient (Wildman–Crippen LogP) is -5.38. The maximum absolute atomic E-state index is 13.1. The average molecular weight is 659 g/mol. The van der Waals surface area contributed by atoms with Gasteiger partial charge in [-0.3, -0.25) is 38.8 Å². The molecule has 20 nitrogen and oxygen atoms in total. The van der Waals surface area contributed by atoms with Gasteiger partial charge in [0, 0.05) is 13.1 Å². The van der Waals surface area contributed by atoms with Gasteiger partial charge >= 0.3 is 5.97 Å². The van der Waals surface area contributed by atoms with Crippen molar-refractivity contribution in [3.05, 3.63) is 0 Å². The van der Waals surface area contributed by atoms with E-state index in [0.717, 1.165) is 0 Å². The average Bonchev–Trinajstić information content (AvgIpc) is 2.96. The van der Waals surface area contributed by atoms with Gasteiger partial charge in [0.2, 0.25) is 29.5 Å². The number of nitrogens with zero attached hydrogens (tertiary/aromatic N) is 2. The zero-order valence-electron chi connectivity index (χ0n) is 26.6. The lowest BCUT2D eigenvalue weighted by Crippen LogP contribution is -2.60. The Hall–Kier alpha value is -4.72. The van der Waals surface area contributed by atoms with Gasteiger partial charge < -0.3 is 65.5 Å². The first kappa shape index (κ1) is 41.3. The SMILES string of the molecule is CC(NC(=O)C(NC(=O)C(CO)NC(=O)C(C)NC(=O)C(CCCN=C(N)N)NC(=O)C(N)CCCN=C(N)N)C(C)C)C(=O)O. The normalized spacial score (nSPS) is 14.7. The topological polar surface area (TPSA) is 358 Å². The summed E-state index contributed by atoms with van der Waals surface area (Å²) >= 11 is 0. The van der Waals surface area contributed by atoms with Crippen LogP contribution in [0.5, 0.6) is 0 Å². The van der Waals surface area contributed by atoms with Crippen molar-refractivity contribution >= 4 is 47.4 Å². The van der Waals surface area contributed by atoms with Gasteiger partial charge in [-0.25, -0.2) is 0 Å². The number of carboxylic acid groups (broad SMARTS) is 1. The maximum atomic E-state index is 13.1. The van der Waals surface area contributed by atoms with E-state index in [9.17, 15) is 33.9 Å². The van der Waals surface area contributed by atoms with Gasteiger partial charge in [-0.2, -0.15) is 0 Å². The molecule has 0 aromatic carbocycles. The van der Waals surface area contributed by atoms with Crippen LogP contribution < -0.4 is 55.3 Å². The van der Waals surface area contributed by atoms with Gasteiger partial charge in [-0.15, -0.1) is 0 Å². The third-order valence-electron chi connectivity index (χ3n) is 6.43. The van der Waals surface area contributed by atoms with Crippen LogP contribution >= 0.6 is 0 Å². The summed E-state index contributed by atoms with van der Waals surface area (Å²) in [5.41, 5.74) is 27.2. The summed E-state index contributed by atoms with van der Waals surface area (Å²) in [4.78, 5) is 82.8. The number of hydrogen-bond acceptors (Lipinski definition) is 10. The number of guanidine groups is 2. The minimum absolute atomic E-state index is 0.0736. The highest BCUT2D eigenvalue weighted by Crippen LogP contribution is 2.05. The highest BCUT2D eigenvalue weighted by atomic mass is 16.4. The largest absolute Gasteiger partial charge is 0.480 e. The third kappa shape index (κ3) is 16.4. The molecule has 0 radical (unpaired) electrons. The molecule has 5 amide bonds. The van der Waals surface area contributed by atoms with Gasteiger partial charge in [0.15, 0.2) is 11.9 Å². The van der Waals surface area contributed by atoms with Crippen molar-refractivity contribution in [2.75, 3.05) is 19.7 Å². The lowest BCUT2D eigenvalue weighted by molar-refractivity contribution is -0.142. The number of carbonyl (C=O) groups is 6. The molecule has 0 rings (SSSR count). The number of carbonyl (C=O) groups excluding carboxylic acids is 5. The van der Waals surface area contributed by atoms with Gasteiger partial charge in [-0.1, -0.05) is 13.8 Å². The second kappa shape index (κ2) is 21.1. The molecule has 46 heavy (non-hydrogen) atoms.